The molecule has 0 saturated carbocycles. The monoisotopic (exact) mass is 342 g/mol. The molecule has 24 heavy (non-hydrogen) atoms. The summed E-state index contributed by atoms with van der Waals surface area (Å²) in [5, 5.41) is 0.927. The van der Waals surface area contributed by atoms with E-state index >= 15 is 0 Å². The van der Waals surface area contributed by atoms with Crippen LogP contribution in [0, 0.1) is 0 Å². The molecule has 3 heterocycles. The molecule has 0 atom stereocenters. The fraction of sp³-hybridized carbons (Fsp3) is 0.389. The van der Waals surface area contributed by atoms with Gasteiger partial charge in [0.15, 0.2) is 0 Å². The lowest BCUT2D eigenvalue weighted by atomic mass is 10.2. The Morgan fingerprint density at radius 3 is 2.67 bits per heavy atom. The second-order valence-electron chi connectivity index (χ2n) is 6.09. The van der Waals surface area contributed by atoms with E-state index in [0.29, 0.717) is 5.56 Å². The highest BCUT2D eigenvalue weighted by molar-refractivity contribution is 7.98. The molecule has 2 aromatic rings. The van der Waals surface area contributed by atoms with Crippen molar-refractivity contribution < 1.29 is 4.79 Å². The number of likely N-dealkylation sites (tertiary alicyclic amines) is 1. The van der Waals surface area contributed by atoms with Crippen molar-refractivity contribution in [2.24, 2.45) is 0 Å². The number of pyridine rings is 2. The van der Waals surface area contributed by atoms with Crippen molar-refractivity contribution in [1.82, 2.24) is 14.9 Å². The van der Waals surface area contributed by atoms with Crippen LogP contribution in [-0.2, 0) is 5.75 Å². The summed E-state index contributed by atoms with van der Waals surface area (Å²) in [7, 11) is 3.97. The molecule has 0 bridgehead atoms. The predicted octanol–water partition coefficient (Wildman–Crippen LogP) is 3.07. The minimum Gasteiger partial charge on any atom is -0.363 e. The van der Waals surface area contributed by atoms with Gasteiger partial charge in [-0.1, -0.05) is 0 Å². The molecular formula is C18H22N4OS. The first-order valence-corrected chi connectivity index (χ1v) is 9.12. The normalized spacial score (nSPS) is 14.0. The van der Waals surface area contributed by atoms with E-state index in [-0.39, 0.29) is 5.91 Å². The summed E-state index contributed by atoms with van der Waals surface area (Å²) in [5.74, 6) is 1.88. The van der Waals surface area contributed by atoms with Gasteiger partial charge in [0.05, 0.1) is 10.6 Å². The first-order valence-electron chi connectivity index (χ1n) is 8.14. The maximum absolute atomic E-state index is 12.3. The van der Waals surface area contributed by atoms with Crippen molar-refractivity contribution in [3.8, 4) is 0 Å². The van der Waals surface area contributed by atoms with E-state index in [2.05, 4.69) is 16.0 Å². The van der Waals surface area contributed by atoms with Crippen LogP contribution in [0.25, 0.3) is 0 Å². The lowest BCUT2D eigenvalue weighted by molar-refractivity contribution is 0.0792. The molecule has 0 aliphatic carbocycles. The molecule has 1 aliphatic rings. The third-order valence-electron chi connectivity index (χ3n) is 4.03. The fourth-order valence-corrected chi connectivity index (χ4v) is 3.43. The van der Waals surface area contributed by atoms with Gasteiger partial charge >= 0.3 is 0 Å². The van der Waals surface area contributed by atoms with Crippen LogP contribution in [0.1, 0.15) is 28.8 Å². The van der Waals surface area contributed by atoms with Crippen LogP contribution in [0.4, 0.5) is 5.82 Å². The summed E-state index contributed by atoms with van der Waals surface area (Å²) in [5.41, 5.74) is 1.89. The van der Waals surface area contributed by atoms with E-state index in [0.717, 1.165) is 42.5 Å². The highest BCUT2D eigenvalue weighted by atomic mass is 32.2. The highest BCUT2D eigenvalue weighted by Gasteiger charge is 2.19. The average molecular weight is 342 g/mol. The van der Waals surface area contributed by atoms with Crippen molar-refractivity contribution in [3.63, 3.8) is 0 Å². The Morgan fingerprint density at radius 2 is 2.00 bits per heavy atom. The van der Waals surface area contributed by atoms with Gasteiger partial charge in [-0.05, 0) is 42.7 Å². The standard InChI is InChI=1S/C18H22N4OS/c1-21(2)16-11-14(7-8-19-16)13-24-17-6-5-15(12-20-17)18(23)22-9-3-4-10-22/h5-8,11-12H,3-4,9-10,13H2,1-2H3. The summed E-state index contributed by atoms with van der Waals surface area (Å²) >= 11 is 1.66. The lowest BCUT2D eigenvalue weighted by Gasteiger charge is -2.15. The van der Waals surface area contributed by atoms with E-state index in [1.54, 1.807) is 18.0 Å². The minimum atomic E-state index is 0.0984. The van der Waals surface area contributed by atoms with Crippen LogP contribution < -0.4 is 4.90 Å². The summed E-state index contributed by atoms with van der Waals surface area (Å²) < 4.78 is 0. The lowest BCUT2D eigenvalue weighted by Crippen LogP contribution is -2.27. The van der Waals surface area contributed by atoms with Gasteiger partial charge < -0.3 is 9.80 Å². The maximum atomic E-state index is 12.3. The van der Waals surface area contributed by atoms with Gasteiger partial charge in [0.25, 0.3) is 5.91 Å². The molecule has 1 amide bonds. The second-order valence-corrected chi connectivity index (χ2v) is 7.09. The van der Waals surface area contributed by atoms with E-state index < -0.39 is 0 Å². The predicted molar refractivity (Wildman–Crippen MR) is 97.5 cm³/mol. The van der Waals surface area contributed by atoms with Crippen LogP contribution in [0.2, 0.25) is 0 Å². The number of nitrogens with zero attached hydrogens (tertiary/aromatic N) is 4. The van der Waals surface area contributed by atoms with E-state index in [9.17, 15) is 4.79 Å². The Kier molecular flexibility index (Phi) is 5.35. The Morgan fingerprint density at radius 1 is 1.21 bits per heavy atom. The van der Waals surface area contributed by atoms with Crippen molar-refractivity contribution in [2.45, 2.75) is 23.6 Å². The van der Waals surface area contributed by atoms with Gasteiger partial charge in [-0.3, -0.25) is 4.79 Å². The highest BCUT2D eigenvalue weighted by Crippen LogP contribution is 2.23. The molecule has 1 saturated heterocycles. The molecule has 0 spiro atoms. The van der Waals surface area contributed by atoms with Gasteiger partial charge in [-0.2, -0.15) is 0 Å². The largest absolute Gasteiger partial charge is 0.363 e. The maximum Gasteiger partial charge on any atom is 0.255 e. The number of aromatic nitrogens is 2. The molecule has 0 radical (unpaired) electrons. The quantitative estimate of drug-likeness (QED) is 0.782. The number of thioether (sulfide) groups is 1. The molecular weight excluding hydrogens is 320 g/mol. The van der Waals surface area contributed by atoms with Crippen LogP contribution >= 0.6 is 11.8 Å². The molecule has 1 aliphatic heterocycles. The number of carbonyl (C=O) groups excluding carboxylic acids is 1. The van der Waals surface area contributed by atoms with Crippen molar-refractivity contribution in [1.29, 1.82) is 0 Å². The number of anilines is 1. The minimum absolute atomic E-state index is 0.0984. The van der Waals surface area contributed by atoms with Gasteiger partial charge in [0.2, 0.25) is 0 Å². The Labute approximate surface area is 147 Å². The molecule has 6 heteroatoms. The van der Waals surface area contributed by atoms with Gasteiger partial charge in [0, 0.05) is 45.3 Å². The zero-order chi connectivity index (χ0) is 16.9. The molecule has 1 fully saturated rings. The van der Waals surface area contributed by atoms with Crippen LogP contribution in [0.15, 0.2) is 41.7 Å². The fourth-order valence-electron chi connectivity index (χ4n) is 2.65. The molecule has 0 aromatic carbocycles. The first kappa shape index (κ1) is 16.8. The Balaban J connectivity index is 1.60. The summed E-state index contributed by atoms with van der Waals surface area (Å²) in [4.78, 5) is 25.0. The Bertz CT molecular complexity index is 696. The zero-order valence-corrected chi connectivity index (χ0v) is 14.9. The van der Waals surface area contributed by atoms with Crippen molar-refractivity contribution in [2.75, 3.05) is 32.1 Å². The Hall–Kier alpha value is -2.08. The van der Waals surface area contributed by atoms with Gasteiger partial charge in [0.1, 0.15) is 5.82 Å². The summed E-state index contributed by atoms with van der Waals surface area (Å²) in [6.07, 6.45) is 5.74. The third kappa shape index (κ3) is 4.06. The zero-order valence-electron chi connectivity index (χ0n) is 14.1. The van der Waals surface area contributed by atoms with E-state index in [4.69, 9.17) is 0 Å². The van der Waals surface area contributed by atoms with E-state index in [1.807, 2.05) is 48.3 Å². The average Bonchev–Trinajstić information content (AvgIpc) is 3.14. The molecule has 5 nitrogen and oxygen atoms in total. The van der Waals surface area contributed by atoms with Crippen molar-refractivity contribution >= 4 is 23.5 Å². The van der Waals surface area contributed by atoms with Crippen LogP contribution in [0.5, 0.6) is 0 Å². The molecule has 126 valence electrons. The number of amides is 1. The van der Waals surface area contributed by atoms with Crippen LogP contribution in [0.3, 0.4) is 0 Å². The first-order chi connectivity index (χ1) is 11.6. The van der Waals surface area contributed by atoms with Gasteiger partial charge in [-0.25, -0.2) is 9.97 Å². The van der Waals surface area contributed by atoms with Crippen LogP contribution in [-0.4, -0.2) is 48.0 Å². The topological polar surface area (TPSA) is 49.3 Å². The molecule has 0 N–H and O–H groups in total. The molecule has 2 aromatic heterocycles. The van der Waals surface area contributed by atoms with Crippen molar-refractivity contribution in [3.05, 3.63) is 47.8 Å². The SMILES string of the molecule is CN(C)c1cc(CSc2ccc(C(=O)N3CCCC3)cn2)ccn1. The second kappa shape index (κ2) is 7.66. The summed E-state index contributed by atoms with van der Waals surface area (Å²) in [6, 6.07) is 7.92. The number of hydrogen-bond donors (Lipinski definition) is 0. The molecule has 0 unspecified atom stereocenters. The van der Waals surface area contributed by atoms with E-state index in [1.165, 1.54) is 5.56 Å². The number of hydrogen-bond acceptors (Lipinski definition) is 5. The van der Waals surface area contributed by atoms with Gasteiger partial charge in [-0.15, -0.1) is 11.8 Å². The third-order valence-corrected chi connectivity index (χ3v) is 5.05. The summed E-state index contributed by atoms with van der Waals surface area (Å²) in [6.45, 7) is 1.73. The smallest absolute Gasteiger partial charge is 0.255 e. The number of rotatable bonds is 5. The number of carbonyl (C=O) groups is 1. The molecule has 3 rings (SSSR count).